The summed E-state index contributed by atoms with van der Waals surface area (Å²) >= 11 is 0. The van der Waals surface area contributed by atoms with Gasteiger partial charge in [-0.25, -0.2) is 8.78 Å². The predicted molar refractivity (Wildman–Crippen MR) is 101 cm³/mol. The maximum atomic E-state index is 12.3. The molecule has 1 atom stereocenters. The van der Waals surface area contributed by atoms with Crippen molar-refractivity contribution in [3.8, 4) is 0 Å². The molecule has 0 radical (unpaired) electrons. The lowest BCUT2D eigenvalue weighted by Crippen LogP contribution is -2.41. The van der Waals surface area contributed by atoms with Crippen LogP contribution in [0, 0.1) is 5.92 Å². The van der Waals surface area contributed by atoms with Gasteiger partial charge in [0.1, 0.15) is 0 Å². The van der Waals surface area contributed by atoms with Crippen LogP contribution in [0.4, 0.5) is 8.78 Å². The van der Waals surface area contributed by atoms with Crippen LogP contribution in [0.5, 0.6) is 0 Å². The van der Waals surface area contributed by atoms with Crippen molar-refractivity contribution in [2.75, 3.05) is 19.6 Å². The van der Waals surface area contributed by atoms with Crippen LogP contribution in [0.1, 0.15) is 46.1 Å². The summed E-state index contributed by atoms with van der Waals surface area (Å²) in [6.45, 7) is 10.6. The molecule has 2 fully saturated rings. The molecule has 1 aromatic rings. The molecule has 2 saturated heterocycles. The molecule has 3 rings (SSSR count). The highest BCUT2D eigenvalue weighted by molar-refractivity contribution is 6.62. The lowest BCUT2D eigenvalue weighted by molar-refractivity contribution is 0.00578. The monoisotopic (exact) mass is 365 g/mol. The molecule has 6 heteroatoms. The van der Waals surface area contributed by atoms with E-state index in [2.05, 4.69) is 56.9 Å². The normalized spacial score (nSPS) is 25.3. The fraction of sp³-hybridized carbons (Fsp3) is 0.700. The van der Waals surface area contributed by atoms with Gasteiger partial charge < -0.3 is 14.2 Å². The van der Waals surface area contributed by atoms with Crippen LogP contribution in [0.3, 0.4) is 0 Å². The molecule has 2 aliphatic heterocycles. The molecular weight excluding hydrogens is 335 g/mol. The molecule has 0 spiro atoms. The average Bonchev–Trinajstić information content (AvgIpc) is 3.08. The minimum atomic E-state index is -2.20. The van der Waals surface area contributed by atoms with Gasteiger partial charge in [-0.1, -0.05) is 24.3 Å². The van der Waals surface area contributed by atoms with Crippen LogP contribution in [-0.2, 0) is 15.7 Å². The predicted octanol–water partition coefficient (Wildman–Crippen LogP) is 3.51. The van der Waals surface area contributed by atoms with E-state index in [0.717, 1.165) is 31.4 Å². The highest BCUT2D eigenvalue weighted by Gasteiger charge is 2.51. The minimum Gasteiger partial charge on any atom is -0.399 e. The third-order valence-electron chi connectivity index (χ3n) is 6.06. The summed E-state index contributed by atoms with van der Waals surface area (Å²) in [4.78, 5) is 2.16. The maximum Gasteiger partial charge on any atom is 0.494 e. The Labute approximate surface area is 156 Å². The topological polar surface area (TPSA) is 21.7 Å². The van der Waals surface area contributed by atoms with Crippen molar-refractivity contribution in [1.82, 2.24) is 4.90 Å². The quantitative estimate of drug-likeness (QED) is 0.721. The Hall–Kier alpha value is -0.975. The van der Waals surface area contributed by atoms with Crippen molar-refractivity contribution >= 4 is 12.6 Å². The summed E-state index contributed by atoms with van der Waals surface area (Å²) in [5.74, 6) is 0.551. The molecule has 1 unspecified atom stereocenters. The van der Waals surface area contributed by atoms with Gasteiger partial charge in [-0.15, -0.1) is 0 Å². The molecule has 0 bridgehead atoms. The first-order valence-corrected chi connectivity index (χ1v) is 9.61. The van der Waals surface area contributed by atoms with Gasteiger partial charge in [0.05, 0.1) is 11.2 Å². The summed E-state index contributed by atoms with van der Waals surface area (Å²) in [5, 5.41) is 0. The van der Waals surface area contributed by atoms with Gasteiger partial charge in [0.15, 0.2) is 0 Å². The molecular formula is C20H30BF2NO2. The largest absolute Gasteiger partial charge is 0.494 e. The summed E-state index contributed by atoms with van der Waals surface area (Å²) in [7, 11) is -0.328. The summed E-state index contributed by atoms with van der Waals surface area (Å²) in [6, 6.07) is 8.45. The van der Waals surface area contributed by atoms with E-state index < -0.39 is 6.43 Å². The maximum absolute atomic E-state index is 12.3. The lowest BCUT2D eigenvalue weighted by Gasteiger charge is -2.32. The van der Waals surface area contributed by atoms with Gasteiger partial charge in [0, 0.05) is 19.5 Å². The second-order valence-corrected chi connectivity index (χ2v) is 8.67. The number of likely N-dealkylation sites (tertiary alicyclic amines) is 1. The number of hydrogen-bond acceptors (Lipinski definition) is 3. The molecule has 0 saturated carbocycles. The SMILES string of the molecule is CC1(C)OB(c2ccc(CC3CCN(CCC(F)F)C3)cc2)OC1(C)C. The van der Waals surface area contributed by atoms with Gasteiger partial charge in [0.2, 0.25) is 6.43 Å². The molecule has 2 heterocycles. The first-order chi connectivity index (χ1) is 12.2. The third-order valence-corrected chi connectivity index (χ3v) is 6.06. The molecule has 0 aliphatic carbocycles. The van der Waals surface area contributed by atoms with Crippen molar-refractivity contribution < 1.29 is 18.1 Å². The van der Waals surface area contributed by atoms with Crippen LogP contribution in [-0.4, -0.2) is 49.3 Å². The highest BCUT2D eigenvalue weighted by Crippen LogP contribution is 2.36. The Bertz CT molecular complexity index is 590. The van der Waals surface area contributed by atoms with Gasteiger partial charge in [0.25, 0.3) is 0 Å². The van der Waals surface area contributed by atoms with Gasteiger partial charge in [-0.3, -0.25) is 0 Å². The van der Waals surface area contributed by atoms with Crippen LogP contribution in [0.25, 0.3) is 0 Å². The zero-order chi connectivity index (χ0) is 18.9. The van der Waals surface area contributed by atoms with E-state index in [4.69, 9.17) is 9.31 Å². The first kappa shape index (κ1) is 19.8. The van der Waals surface area contributed by atoms with E-state index in [1.165, 1.54) is 5.56 Å². The lowest BCUT2D eigenvalue weighted by atomic mass is 9.78. The van der Waals surface area contributed by atoms with Crippen LogP contribution >= 0.6 is 0 Å². The molecule has 1 aromatic carbocycles. The van der Waals surface area contributed by atoms with E-state index in [1.54, 1.807) is 0 Å². The molecule has 0 amide bonds. The summed E-state index contributed by atoms with van der Waals surface area (Å²) in [5.41, 5.74) is 1.66. The molecule has 26 heavy (non-hydrogen) atoms. The number of benzene rings is 1. The number of hydrogen-bond donors (Lipinski definition) is 0. The first-order valence-electron chi connectivity index (χ1n) is 9.61. The molecule has 0 aromatic heterocycles. The van der Waals surface area contributed by atoms with Crippen LogP contribution < -0.4 is 5.46 Å². The van der Waals surface area contributed by atoms with E-state index in [0.29, 0.717) is 12.5 Å². The summed E-state index contributed by atoms with van der Waals surface area (Å²) < 4.78 is 36.9. The van der Waals surface area contributed by atoms with Gasteiger partial charge >= 0.3 is 7.12 Å². The Morgan fingerprint density at radius 1 is 1.12 bits per heavy atom. The van der Waals surface area contributed by atoms with Gasteiger partial charge in [-0.05, 0) is 64.0 Å². The number of nitrogens with zero attached hydrogens (tertiary/aromatic N) is 1. The van der Waals surface area contributed by atoms with Crippen LogP contribution in [0.2, 0.25) is 0 Å². The van der Waals surface area contributed by atoms with Gasteiger partial charge in [-0.2, -0.15) is 0 Å². The van der Waals surface area contributed by atoms with E-state index in [9.17, 15) is 8.78 Å². The second-order valence-electron chi connectivity index (χ2n) is 8.67. The molecule has 0 N–H and O–H groups in total. The highest BCUT2D eigenvalue weighted by atomic mass is 19.3. The molecule has 3 nitrogen and oxygen atoms in total. The van der Waals surface area contributed by atoms with E-state index in [1.807, 2.05) is 0 Å². The third kappa shape index (κ3) is 4.46. The van der Waals surface area contributed by atoms with Crippen molar-refractivity contribution in [1.29, 1.82) is 0 Å². The Morgan fingerprint density at radius 3 is 2.31 bits per heavy atom. The fourth-order valence-electron chi connectivity index (χ4n) is 3.69. The van der Waals surface area contributed by atoms with E-state index >= 15 is 0 Å². The van der Waals surface area contributed by atoms with Crippen molar-refractivity contribution in [3.05, 3.63) is 29.8 Å². The Morgan fingerprint density at radius 2 is 1.73 bits per heavy atom. The number of rotatable bonds is 6. The summed E-state index contributed by atoms with van der Waals surface area (Å²) in [6.07, 6.45) is -0.136. The number of alkyl halides is 2. The van der Waals surface area contributed by atoms with Crippen molar-refractivity contribution in [3.63, 3.8) is 0 Å². The Balaban J connectivity index is 1.53. The molecule has 2 aliphatic rings. The zero-order valence-electron chi connectivity index (χ0n) is 16.3. The smallest absolute Gasteiger partial charge is 0.399 e. The van der Waals surface area contributed by atoms with Crippen LogP contribution in [0.15, 0.2) is 24.3 Å². The average molecular weight is 365 g/mol. The minimum absolute atomic E-state index is 0.0184. The Kier molecular flexibility index (Phi) is 5.76. The standard InChI is InChI=1S/C20H30BF2NO2/c1-19(2)20(3,4)26-21(25-19)17-7-5-15(6-8-17)13-16-9-11-24(14-16)12-10-18(22)23/h5-8,16,18H,9-14H2,1-4H3. The van der Waals surface area contributed by atoms with E-state index in [-0.39, 0.29) is 24.7 Å². The van der Waals surface area contributed by atoms with Crippen molar-refractivity contribution in [2.45, 2.75) is 64.6 Å². The molecule has 144 valence electrons. The second kappa shape index (κ2) is 7.57. The zero-order valence-corrected chi connectivity index (χ0v) is 16.3. The fourth-order valence-corrected chi connectivity index (χ4v) is 3.69. The van der Waals surface area contributed by atoms with Crippen molar-refractivity contribution in [2.24, 2.45) is 5.92 Å². The number of halogens is 2.